The van der Waals surface area contributed by atoms with Crippen LogP contribution < -0.4 is 5.32 Å². The highest BCUT2D eigenvalue weighted by molar-refractivity contribution is 7.90. The molecule has 9 nitrogen and oxygen atoms in total. The zero-order chi connectivity index (χ0) is 31.0. The fourth-order valence-electron chi connectivity index (χ4n) is 4.47. The van der Waals surface area contributed by atoms with E-state index in [0.717, 1.165) is 13.4 Å². The van der Waals surface area contributed by atoms with Crippen molar-refractivity contribution in [1.82, 2.24) is 14.9 Å². The van der Waals surface area contributed by atoms with E-state index in [2.05, 4.69) is 10.3 Å². The predicted octanol–water partition coefficient (Wildman–Crippen LogP) is 4.34. The van der Waals surface area contributed by atoms with Crippen LogP contribution in [0.25, 0.3) is 11.1 Å². The molecule has 0 aliphatic heterocycles. The van der Waals surface area contributed by atoms with Gasteiger partial charge in [-0.3, -0.25) is 4.79 Å². The Morgan fingerprint density at radius 2 is 1.63 bits per heavy atom. The third kappa shape index (κ3) is 8.79. The van der Waals surface area contributed by atoms with Crippen molar-refractivity contribution in [2.24, 2.45) is 0 Å². The minimum atomic E-state index is -3.42. The molecule has 1 aromatic heterocycles. The Bertz CT molecular complexity index is 1640. The van der Waals surface area contributed by atoms with Crippen LogP contribution >= 0.6 is 0 Å². The fraction of sp³-hybridized carbons (Fsp3) is 0.258. The SMILES string of the molecule is COC(=O)[C@H](CCS(C)(=O)=O)NC(=O)c1ccc(C(OCCn2ccnc2)c2ccc(F)cc2)cc1-c1ccc(F)cc1. The van der Waals surface area contributed by atoms with Crippen LogP contribution in [0.1, 0.15) is 34.0 Å². The van der Waals surface area contributed by atoms with E-state index in [4.69, 9.17) is 9.47 Å². The van der Waals surface area contributed by atoms with E-state index in [9.17, 15) is 26.8 Å². The van der Waals surface area contributed by atoms with E-state index in [1.165, 1.54) is 36.4 Å². The first-order chi connectivity index (χ1) is 20.5. The first kappa shape index (κ1) is 31.5. The lowest BCUT2D eigenvalue weighted by Crippen LogP contribution is -2.42. The molecule has 3 aromatic carbocycles. The van der Waals surface area contributed by atoms with Gasteiger partial charge in [0.05, 0.1) is 25.8 Å². The number of nitrogens with zero attached hydrogens (tertiary/aromatic N) is 2. The van der Waals surface area contributed by atoms with E-state index in [1.807, 2.05) is 4.57 Å². The monoisotopic (exact) mass is 611 g/mol. The summed E-state index contributed by atoms with van der Waals surface area (Å²) in [5.74, 6) is -2.67. The number of hydrogen-bond acceptors (Lipinski definition) is 7. The Morgan fingerprint density at radius 1 is 0.977 bits per heavy atom. The Hall–Kier alpha value is -4.42. The number of amides is 1. The normalized spacial score (nSPS) is 12.8. The van der Waals surface area contributed by atoms with Crippen LogP contribution in [0, 0.1) is 11.6 Å². The molecule has 0 bridgehead atoms. The summed E-state index contributed by atoms with van der Waals surface area (Å²) in [5.41, 5.74) is 2.37. The third-order valence-electron chi connectivity index (χ3n) is 6.68. The lowest BCUT2D eigenvalue weighted by molar-refractivity contribution is -0.142. The molecule has 1 amide bonds. The number of benzene rings is 3. The molecule has 12 heteroatoms. The number of hydrogen-bond donors (Lipinski definition) is 1. The van der Waals surface area contributed by atoms with Crippen LogP contribution in [0.4, 0.5) is 8.78 Å². The molecule has 43 heavy (non-hydrogen) atoms. The average Bonchev–Trinajstić information content (AvgIpc) is 3.51. The molecule has 0 radical (unpaired) electrons. The van der Waals surface area contributed by atoms with Gasteiger partial charge in [-0.2, -0.15) is 0 Å². The molecule has 4 aromatic rings. The number of carbonyl (C=O) groups excluding carboxylic acids is 2. The summed E-state index contributed by atoms with van der Waals surface area (Å²) >= 11 is 0. The molecule has 4 rings (SSSR count). The van der Waals surface area contributed by atoms with Gasteiger partial charge in [-0.1, -0.05) is 30.3 Å². The number of carbonyl (C=O) groups is 2. The Balaban J connectivity index is 1.71. The molecule has 226 valence electrons. The summed E-state index contributed by atoms with van der Waals surface area (Å²) < 4.78 is 63.9. The maximum atomic E-state index is 13.8. The summed E-state index contributed by atoms with van der Waals surface area (Å²) in [6.45, 7) is 0.791. The van der Waals surface area contributed by atoms with Crippen LogP contribution in [0.5, 0.6) is 0 Å². The van der Waals surface area contributed by atoms with Crippen LogP contribution in [0.2, 0.25) is 0 Å². The zero-order valence-corrected chi connectivity index (χ0v) is 24.4. The van der Waals surface area contributed by atoms with Gasteiger partial charge in [0.2, 0.25) is 0 Å². The first-order valence-corrected chi connectivity index (χ1v) is 15.4. The van der Waals surface area contributed by atoms with Crippen molar-refractivity contribution in [2.75, 3.05) is 25.7 Å². The predicted molar refractivity (Wildman–Crippen MR) is 156 cm³/mol. The van der Waals surface area contributed by atoms with Gasteiger partial charge in [-0.05, 0) is 65.1 Å². The standard InChI is InChI=1S/C31H31F2N3O6S/c1-41-31(38)28(13-18-43(2,39)40)35-30(37)26-12-7-23(19-27(26)21-3-8-24(32)9-4-21)29(22-5-10-25(33)11-6-22)42-17-16-36-15-14-34-20-36/h3-12,14-15,19-20,28-29H,13,16-18H2,1-2H3,(H,35,37)/t28-,29?/m0/s1. The molecule has 0 spiro atoms. The highest BCUT2D eigenvalue weighted by atomic mass is 32.2. The number of rotatable bonds is 13. The van der Waals surface area contributed by atoms with Gasteiger partial charge in [0, 0.05) is 30.8 Å². The second kappa shape index (κ2) is 14.2. The van der Waals surface area contributed by atoms with Crippen molar-refractivity contribution >= 4 is 21.7 Å². The first-order valence-electron chi connectivity index (χ1n) is 13.3. The maximum Gasteiger partial charge on any atom is 0.328 e. The van der Waals surface area contributed by atoms with Crippen molar-refractivity contribution in [2.45, 2.75) is 25.1 Å². The maximum absolute atomic E-state index is 13.8. The molecule has 1 heterocycles. The summed E-state index contributed by atoms with van der Waals surface area (Å²) in [6.07, 6.45) is 5.31. The van der Waals surface area contributed by atoms with Crippen molar-refractivity contribution in [1.29, 1.82) is 0 Å². The van der Waals surface area contributed by atoms with Crippen molar-refractivity contribution < 1.29 is 36.3 Å². The van der Waals surface area contributed by atoms with Crippen LogP contribution in [-0.2, 0) is 30.7 Å². The molecule has 0 fully saturated rings. The van der Waals surface area contributed by atoms with E-state index in [-0.39, 0.29) is 24.3 Å². The number of sulfone groups is 1. The number of methoxy groups -OCH3 is 1. The molecule has 1 N–H and O–H groups in total. The third-order valence-corrected chi connectivity index (χ3v) is 7.66. The van der Waals surface area contributed by atoms with Gasteiger partial charge in [0.15, 0.2) is 0 Å². The minimum absolute atomic E-state index is 0.153. The lowest BCUT2D eigenvalue weighted by atomic mass is 9.92. The second-order valence-electron chi connectivity index (χ2n) is 9.88. The Morgan fingerprint density at radius 3 is 2.23 bits per heavy atom. The Labute approximate surface area is 248 Å². The van der Waals surface area contributed by atoms with Gasteiger partial charge in [0.25, 0.3) is 5.91 Å². The number of esters is 1. The second-order valence-corrected chi connectivity index (χ2v) is 12.1. The van der Waals surface area contributed by atoms with Gasteiger partial charge < -0.3 is 19.4 Å². The highest BCUT2D eigenvalue weighted by Crippen LogP contribution is 2.32. The summed E-state index contributed by atoms with van der Waals surface area (Å²) in [5, 5.41) is 2.58. The number of nitrogens with one attached hydrogen (secondary N) is 1. The fourth-order valence-corrected chi connectivity index (χ4v) is 5.13. The van der Waals surface area contributed by atoms with Crippen molar-refractivity contribution in [3.63, 3.8) is 0 Å². The smallest absolute Gasteiger partial charge is 0.328 e. The van der Waals surface area contributed by atoms with Gasteiger partial charge in [-0.25, -0.2) is 27.0 Å². The molecular formula is C31H31F2N3O6S. The molecule has 0 saturated carbocycles. The summed E-state index contributed by atoms with van der Waals surface area (Å²) in [4.78, 5) is 29.9. The number of imidazole rings is 1. The largest absolute Gasteiger partial charge is 0.467 e. The summed E-state index contributed by atoms with van der Waals surface area (Å²) in [7, 11) is -2.28. The van der Waals surface area contributed by atoms with Crippen molar-refractivity contribution in [3.8, 4) is 11.1 Å². The Kier molecular flexibility index (Phi) is 10.4. The van der Waals surface area contributed by atoms with Crippen LogP contribution in [-0.4, -0.2) is 61.6 Å². The van der Waals surface area contributed by atoms with Gasteiger partial charge in [-0.15, -0.1) is 0 Å². The molecule has 0 aliphatic rings. The average molecular weight is 612 g/mol. The van der Waals surface area contributed by atoms with E-state index < -0.39 is 45.5 Å². The van der Waals surface area contributed by atoms with Gasteiger partial charge in [0.1, 0.15) is 33.6 Å². The number of halogens is 2. The topological polar surface area (TPSA) is 117 Å². The molecule has 0 saturated heterocycles. The van der Waals surface area contributed by atoms with Crippen LogP contribution in [0.15, 0.2) is 85.5 Å². The molecule has 2 atom stereocenters. The molecule has 1 unspecified atom stereocenters. The zero-order valence-electron chi connectivity index (χ0n) is 23.6. The molecular weight excluding hydrogens is 580 g/mol. The quantitative estimate of drug-likeness (QED) is 0.224. The lowest BCUT2D eigenvalue weighted by Gasteiger charge is -2.22. The van der Waals surface area contributed by atoms with E-state index in [0.29, 0.717) is 28.8 Å². The van der Waals surface area contributed by atoms with E-state index >= 15 is 0 Å². The minimum Gasteiger partial charge on any atom is -0.467 e. The number of aromatic nitrogens is 2. The van der Waals surface area contributed by atoms with Crippen molar-refractivity contribution in [3.05, 3.63) is 114 Å². The highest BCUT2D eigenvalue weighted by Gasteiger charge is 2.26. The molecule has 0 aliphatic carbocycles. The summed E-state index contributed by atoms with van der Waals surface area (Å²) in [6, 6.07) is 15.1. The van der Waals surface area contributed by atoms with Gasteiger partial charge >= 0.3 is 5.97 Å². The van der Waals surface area contributed by atoms with Crippen LogP contribution in [0.3, 0.4) is 0 Å². The van der Waals surface area contributed by atoms with E-state index in [1.54, 1.807) is 49.1 Å². The number of ether oxygens (including phenoxy) is 2.